The van der Waals surface area contributed by atoms with Crippen LogP contribution in [0.2, 0.25) is 0 Å². The maximum atomic E-state index is 13.1. The van der Waals surface area contributed by atoms with Crippen LogP contribution in [0.3, 0.4) is 0 Å². The highest BCUT2D eigenvalue weighted by molar-refractivity contribution is 7.15. The minimum absolute atomic E-state index is 0. The summed E-state index contributed by atoms with van der Waals surface area (Å²) in [7, 11) is 0. The Kier molecular flexibility index (Phi) is 6.47. The zero-order valence-corrected chi connectivity index (χ0v) is 16.7. The van der Waals surface area contributed by atoms with E-state index in [0.29, 0.717) is 30.6 Å². The smallest absolute Gasteiger partial charge is 0.245 e. The first-order valence-corrected chi connectivity index (χ1v) is 9.81. The van der Waals surface area contributed by atoms with Crippen molar-refractivity contribution in [3.63, 3.8) is 0 Å². The van der Waals surface area contributed by atoms with Crippen LogP contribution in [0.15, 0.2) is 24.3 Å². The third-order valence-corrected chi connectivity index (χ3v) is 5.79. The van der Waals surface area contributed by atoms with Crippen molar-refractivity contribution < 1.29 is 13.9 Å². The number of ether oxygens (including phenoxy) is 1. The van der Waals surface area contributed by atoms with E-state index in [1.54, 1.807) is 12.1 Å². The van der Waals surface area contributed by atoms with Gasteiger partial charge >= 0.3 is 0 Å². The number of amides is 1. The number of rotatable bonds is 5. The van der Waals surface area contributed by atoms with E-state index in [-0.39, 0.29) is 36.3 Å². The van der Waals surface area contributed by atoms with Gasteiger partial charge in [-0.25, -0.2) is 9.37 Å². The Balaban J connectivity index is 0.00000210. The van der Waals surface area contributed by atoms with Gasteiger partial charge in [-0.2, -0.15) is 0 Å². The summed E-state index contributed by atoms with van der Waals surface area (Å²) in [6.45, 7) is 3.19. The van der Waals surface area contributed by atoms with Crippen LogP contribution in [-0.4, -0.2) is 36.2 Å². The van der Waals surface area contributed by atoms with Gasteiger partial charge in [-0.1, -0.05) is 12.1 Å². The SMILES string of the molecule is C[C@H]1OCCN[C@@H]1C(=O)Nc1nc(C2CC2)c(Cc2ccc(F)cc2)s1.Cl. The summed E-state index contributed by atoms with van der Waals surface area (Å²) in [5, 5.41) is 6.77. The molecule has 0 bridgehead atoms. The molecule has 1 saturated heterocycles. The summed E-state index contributed by atoms with van der Waals surface area (Å²) in [5.74, 6) is 0.147. The fourth-order valence-electron chi connectivity index (χ4n) is 3.22. The first-order valence-electron chi connectivity index (χ1n) is 9.00. The van der Waals surface area contributed by atoms with E-state index >= 15 is 0 Å². The van der Waals surface area contributed by atoms with E-state index in [9.17, 15) is 9.18 Å². The molecule has 5 nitrogen and oxygen atoms in total. The number of nitrogens with one attached hydrogen (secondary N) is 2. The molecular formula is C19H23ClFN3O2S. The molecule has 0 unspecified atom stereocenters. The molecular weight excluding hydrogens is 389 g/mol. The van der Waals surface area contributed by atoms with Crippen molar-refractivity contribution in [1.29, 1.82) is 0 Å². The van der Waals surface area contributed by atoms with Crippen LogP contribution in [0.4, 0.5) is 9.52 Å². The van der Waals surface area contributed by atoms with Crippen molar-refractivity contribution in [3.05, 3.63) is 46.2 Å². The van der Waals surface area contributed by atoms with Gasteiger partial charge in [0.1, 0.15) is 11.9 Å². The van der Waals surface area contributed by atoms with Crippen molar-refractivity contribution in [2.24, 2.45) is 0 Å². The van der Waals surface area contributed by atoms with Crippen molar-refractivity contribution in [2.45, 2.75) is 44.2 Å². The number of thiazole rings is 1. The molecule has 2 atom stereocenters. The van der Waals surface area contributed by atoms with Crippen LogP contribution in [-0.2, 0) is 16.0 Å². The van der Waals surface area contributed by atoms with Gasteiger partial charge in [-0.05, 0) is 37.5 Å². The van der Waals surface area contributed by atoms with Gasteiger partial charge in [-0.3, -0.25) is 4.79 Å². The fraction of sp³-hybridized carbons (Fsp3) is 0.474. The molecule has 0 radical (unpaired) electrons. The number of hydrogen-bond donors (Lipinski definition) is 2. The normalized spacial score (nSPS) is 22.1. The molecule has 2 N–H and O–H groups in total. The standard InChI is InChI=1S/C19H22FN3O2S.ClH/c1-11-16(21-8-9-25-11)18(24)23-19-22-17(13-4-5-13)15(26-19)10-12-2-6-14(20)7-3-12;/h2-3,6-7,11,13,16,21H,4-5,8-10H2,1H3,(H,22,23,24);1H/t11-,16+;/m1./s1. The van der Waals surface area contributed by atoms with Crippen LogP contribution in [0.5, 0.6) is 0 Å². The zero-order valence-electron chi connectivity index (χ0n) is 15.0. The summed E-state index contributed by atoms with van der Waals surface area (Å²) in [4.78, 5) is 18.4. The Bertz CT molecular complexity index is 795. The van der Waals surface area contributed by atoms with Gasteiger partial charge < -0.3 is 15.4 Å². The molecule has 1 saturated carbocycles. The van der Waals surface area contributed by atoms with Crippen molar-refractivity contribution >= 4 is 34.8 Å². The quantitative estimate of drug-likeness (QED) is 0.790. The highest BCUT2D eigenvalue weighted by atomic mass is 35.5. The third kappa shape index (κ3) is 4.85. The number of halogens is 2. The predicted molar refractivity (Wildman–Crippen MR) is 106 cm³/mol. The van der Waals surface area contributed by atoms with Crippen LogP contribution in [0, 0.1) is 5.82 Å². The topological polar surface area (TPSA) is 63.2 Å². The number of carbonyl (C=O) groups excluding carboxylic acids is 1. The van der Waals surface area contributed by atoms with E-state index in [1.807, 2.05) is 6.92 Å². The molecule has 1 aliphatic carbocycles. The number of morpholine rings is 1. The Morgan fingerprint density at radius 3 is 2.78 bits per heavy atom. The lowest BCUT2D eigenvalue weighted by Gasteiger charge is -2.28. The number of anilines is 1. The van der Waals surface area contributed by atoms with Crippen LogP contribution >= 0.6 is 23.7 Å². The van der Waals surface area contributed by atoms with E-state index in [1.165, 1.54) is 23.5 Å². The second kappa shape index (κ2) is 8.65. The van der Waals surface area contributed by atoms with Gasteiger partial charge in [0, 0.05) is 23.8 Å². The van der Waals surface area contributed by atoms with Gasteiger partial charge in [-0.15, -0.1) is 23.7 Å². The number of benzene rings is 1. The minimum Gasteiger partial charge on any atom is -0.375 e. The minimum atomic E-state index is -0.363. The largest absolute Gasteiger partial charge is 0.375 e. The molecule has 2 heterocycles. The second-order valence-electron chi connectivity index (χ2n) is 6.90. The molecule has 1 aromatic carbocycles. The average molecular weight is 412 g/mol. The lowest BCUT2D eigenvalue weighted by Crippen LogP contribution is -2.53. The van der Waals surface area contributed by atoms with Gasteiger partial charge in [0.05, 0.1) is 18.4 Å². The van der Waals surface area contributed by atoms with E-state index < -0.39 is 0 Å². The van der Waals surface area contributed by atoms with E-state index in [4.69, 9.17) is 4.74 Å². The highest BCUT2D eigenvalue weighted by Gasteiger charge is 2.32. The molecule has 1 aliphatic heterocycles. The highest BCUT2D eigenvalue weighted by Crippen LogP contribution is 2.44. The molecule has 1 amide bonds. The van der Waals surface area contributed by atoms with Crippen LogP contribution in [0.1, 0.15) is 41.8 Å². The number of carbonyl (C=O) groups is 1. The average Bonchev–Trinajstić information content (AvgIpc) is 3.40. The van der Waals surface area contributed by atoms with Gasteiger partial charge in [0.15, 0.2) is 5.13 Å². The summed E-state index contributed by atoms with van der Waals surface area (Å²) in [6, 6.07) is 6.19. The van der Waals surface area contributed by atoms with Crippen molar-refractivity contribution in [2.75, 3.05) is 18.5 Å². The Morgan fingerprint density at radius 2 is 2.11 bits per heavy atom. The molecule has 1 aromatic heterocycles. The molecule has 0 spiro atoms. The number of hydrogen-bond acceptors (Lipinski definition) is 5. The van der Waals surface area contributed by atoms with E-state index in [0.717, 1.165) is 29.0 Å². The fourth-order valence-corrected chi connectivity index (χ4v) is 4.30. The Hall–Kier alpha value is -1.54. The Labute approximate surface area is 168 Å². The van der Waals surface area contributed by atoms with Crippen LogP contribution < -0.4 is 10.6 Å². The lowest BCUT2D eigenvalue weighted by atomic mass is 10.1. The molecule has 2 aromatic rings. The predicted octanol–water partition coefficient (Wildman–Crippen LogP) is 3.49. The van der Waals surface area contributed by atoms with Crippen molar-refractivity contribution in [3.8, 4) is 0 Å². The van der Waals surface area contributed by atoms with Gasteiger partial charge in [0.25, 0.3) is 0 Å². The second-order valence-corrected chi connectivity index (χ2v) is 7.99. The summed E-state index contributed by atoms with van der Waals surface area (Å²) in [5.41, 5.74) is 2.13. The maximum Gasteiger partial charge on any atom is 0.245 e. The number of nitrogens with zero attached hydrogens (tertiary/aromatic N) is 1. The van der Waals surface area contributed by atoms with Gasteiger partial charge in [0.2, 0.25) is 5.91 Å². The maximum absolute atomic E-state index is 13.1. The number of aromatic nitrogens is 1. The lowest BCUT2D eigenvalue weighted by molar-refractivity contribution is -0.123. The summed E-state index contributed by atoms with van der Waals surface area (Å²) >= 11 is 1.52. The monoisotopic (exact) mass is 411 g/mol. The third-order valence-electron chi connectivity index (χ3n) is 4.80. The first-order chi connectivity index (χ1) is 12.6. The summed E-state index contributed by atoms with van der Waals surface area (Å²) in [6.07, 6.45) is 2.83. The van der Waals surface area contributed by atoms with Crippen LogP contribution in [0.25, 0.3) is 0 Å². The van der Waals surface area contributed by atoms with E-state index in [2.05, 4.69) is 15.6 Å². The molecule has 4 rings (SSSR count). The molecule has 8 heteroatoms. The molecule has 2 aliphatic rings. The molecule has 27 heavy (non-hydrogen) atoms. The Morgan fingerprint density at radius 1 is 1.37 bits per heavy atom. The molecule has 2 fully saturated rings. The van der Waals surface area contributed by atoms with Crippen molar-refractivity contribution in [1.82, 2.24) is 10.3 Å². The first kappa shape index (κ1) is 20.2. The zero-order chi connectivity index (χ0) is 18.1. The molecule has 146 valence electrons. The summed E-state index contributed by atoms with van der Waals surface area (Å²) < 4.78 is 18.7.